The molecule has 3 aromatic rings. The summed E-state index contributed by atoms with van der Waals surface area (Å²) in [7, 11) is 0. The number of amides is 1. The van der Waals surface area contributed by atoms with Crippen molar-refractivity contribution in [3.8, 4) is 5.75 Å². The Morgan fingerprint density at radius 2 is 1.91 bits per heavy atom. The van der Waals surface area contributed by atoms with Gasteiger partial charge < -0.3 is 15.0 Å². The number of halogens is 1. The number of aromatic hydroxyl groups is 1. The Balaban J connectivity index is 2.06. The Hall–Kier alpha value is -2.46. The van der Waals surface area contributed by atoms with Gasteiger partial charge in [0.15, 0.2) is 0 Å². The van der Waals surface area contributed by atoms with Crippen LogP contribution in [0, 0.1) is 6.92 Å². The highest BCUT2D eigenvalue weighted by atomic mass is 35.5. The van der Waals surface area contributed by atoms with Crippen molar-refractivity contribution in [2.75, 3.05) is 5.32 Å². The minimum Gasteiger partial charge on any atom is -0.508 e. The fourth-order valence-corrected chi connectivity index (χ4v) is 3.02. The number of phenols is 1. The SMILES string of the molecule is CCn1c(C(=O)Nc2ccc(O)cc2)c(C)c2cc(Cl)ccc21. The number of rotatable bonds is 3. The highest BCUT2D eigenvalue weighted by molar-refractivity contribution is 6.31. The first-order chi connectivity index (χ1) is 11.0. The third-order valence-electron chi connectivity index (χ3n) is 3.94. The second-order valence-corrected chi connectivity index (χ2v) is 5.82. The van der Waals surface area contributed by atoms with Gasteiger partial charge in [0, 0.05) is 28.2 Å². The van der Waals surface area contributed by atoms with Crippen molar-refractivity contribution in [1.29, 1.82) is 0 Å². The molecule has 0 fully saturated rings. The van der Waals surface area contributed by atoms with E-state index in [1.165, 1.54) is 12.1 Å². The maximum absolute atomic E-state index is 12.7. The van der Waals surface area contributed by atoms with Crippen LogP contribution in [0.5, 0.6) is 5.75 Å². The topological polar surface area (TPSA) is 54.3 Å². The van der Waals surface area contributed by atoms with Crippen molar-refractivity contribution in [2.24, 2.45) is 0 Å². The Bertz CT molecular complexity index is 882. The summed E-state index contributed by atoms with van der Waals surface area (Å²) in [4.78, 5) is 12.7. The standard InChI is InChI=1S/C18H17ClN2O2/c1-3-21-16-9-4-12(19)10-15(16)11(2)17(21)18(23)20-13-5-7-14(22)8-6-13/h4-10,22H,3H2,1-2H3,(H,20,23). The Morgan fingerprint density at radius 1 is 1.22 bits per heavy atom. The molecule has 0 aliphatic heterocycles. The lowest BCUT2D eigenvalue weighted by atomic mass is 10.1. The van der Waals surface area contributed by atoms with Gasteiger partial charge in [0.05, 0.1) is 0 Å². The van der Waals surface area contributed by atoms with Crippen LogP contribution < -0.4 is 5.32 Å². The van der Waals surface area contributed by atoms with E-state index in [-0.39, 0.29) is 11.7 Å². The molecule has 4 nitrogen and oxygen atoms in total. The van der Waals surface area contributed by atoms with E-state index in [0.717, 1.165) is 16.5 Å². The lowest BCUT2D eigenvalue weighted by molar-refractivity contribution is 0.101. The van der Waals surface area contributed by atoms with Crippen LogP contribution in [0.4, 0.5) is 5.69 Å². The summed E-state index contributed by atoms with van der Waals surface area (Å²) < 4.78 is 1.98. The van der Waals surface area contributed by atoms with Gasteiger partial charge in [-0.05, 0) is 61.9 Å². The highest BCUT2D eigenvalue weighted by Crippen LogP contribution is 2.29. The summed E-state index contributed by atoms with van der Waals surface area (Å²) in [5, 5.41) is 13.8. The summed E-state index contributed by atoms with van der Waals surface area (Å²) in [5.74, 6) is -0.0149. The number of aryl methyl sites for hydroxylation is 2. The Kier molecular flexibility index (Phi) is 4.01. The van der Waals surface area contributed by atoms with E-state index in [9.17, 15) is 9.90 Å². The van der Waals surface area contributed by atoms with Crippen molar-refractivity contribution in [3.05, 3.63) is 58.7 Å². The van der Waals surface area contributed by atoms with E-state index in [1.807, 2.05) is 36.6 Å². The molecule has 0 bridgehead atoms. The molecule has 118 valence electrons. The number of carbonyl (C=O) groups excluding carboxylic acids is 1. The molecule has 0 atom stereocenters. The zero-order valence-corrected chi connectivity index (χ0v) is 13.7. The van der Waals surface area contributed by atoms with E-state index in [0.29, 0.717) is 22.9 Å². The number of fused-ring (bicyclic) bond motifs is 1. The van der Waals surface area contributed by atoms with Crippen molar-refractivity contribution in [2.45, 2.75) is 20.4 Å². The summed E-state index contributed by atoms with van der Waals surface area (Å²) in [6.45, 7) is 4.62. The minimum atomic E-state index is -0.178. The van der Waals surface area contributed by atoms with Gasteiger partial charge in [-0.1, -0.05) is 11.6 Å². The third kappa shape index (κ3) is 2.78. The van der Waals surface area contributed by atoms with E-state index in [1.54, 1.807) is 12.1 Å². The number of nitrogens with one attached hydrogen (secondary N) is 1. The zero-order chi connectivity index (χ0) is 16.6. The molecular weight excluding hydrogens is 312 g/mol. The zero-order valence-electron chi connectivity index (χ0n) is 12.9. The molecule has 2 N–H and O–H groups in total. The first-order valence-corrected chi connectivity index (χ1v) is 7.77. The van der Waals surface area contributed by atoms with Crippen LogP contribution in [0.1, 0.15) is 23.0 Å². The van der Waals surface area contributed by atoms with Crippen molar-refractivity contribution in [3.63, 3.8) is 0 Å². The van der Waals surface area contributed by atoms with Crippen LogP contribution in [-0.4, -0.2) is 15.6 Å². The molecule has 0 unspecified atom stereocenters. The van der Waals surface area contributed by atoms with Crippen molar-refractivity contribution in [1.82, 2.24) is 4.57 Å². The molecule has 1 amide bonds. The average Bonchev–Trinajstić information content (AvgIpc) is 2.81. The van der Waals surface area contributed by atoms with Crippen LogP contribution >= 0.6 is 11.6 Å². The van der Waals surface area contributed by atoms with Gasteiger partial charge in [-0.2, -0.15) is 0 Å². The Morgan fingerprint density at radius 3 is 2.57 bits per heavy atom. The Labute approximate surface area is 139 Å². The lowest BCUT2D eigenvalue weighted by Crippen LogP contribution is -2.17. The van der Waals surface area contributed by atoms with Gasteiger partial charge in [-0.3, -0.25) is 4.79 Å². The molecular formula is C18H17ClN2O2. The number of hydrogen-bond donors (Lipinski definition) is 2. The van der Waals surface area contributed by atoms with Crippen molar-refractivity contribution < 1.29 is 9.90 Å². The van der Waals surface area contributed by atoms with Gasteiger partial charge in [0.1, 0.15) is 11.4 Å². The van der Waals surface area contributed by atoms with Gasteiger partial charge in [0.2, 0.25) is 0 Å². The number of hydrogen-bond acceptors (Lipinski definition) is 2. The smallest absolute Gasteiger partial charge is 0.272 e. The number of carbonyl (C=O) groups is 1. The molecule has 0 saturated carbocycles. The largest absolute Gasteiger partial charge is 0.508 e. The molecule has 0 radical (unpaired) electrons. The maximum Gasteiger partial charge on any atom is 0.272 e. The van der Waals surface area contributed by atoms with E-state index >= 15 is 0 Å². The summed E-state index contributed by atoms with van der Waals surface area (Å²) in [6.07, 6.45) is 0. The first kappa shape index (κ1) is 15.4. The molecule has 0 aliphatic carbocycles. The maximum atomic E-state index is 12.7. The van der Waals surface area contributed by atoms with Crippen LogP contribution in [0.15, 0.2) is 42.5 Å². The van der Waals surface area contributed by atoms with Crippen LogP contribution in [0.3, 0.4) is 0 Å². The molecule has 0 saturated heterocycles. The van der Waals surface area contributed by atoms with E-state index < -0.39 is 0 Å². The molecule has 5 heteroatoms. The monoisotopic (exact) mass is 328 g/mol. The predicted octanol–water partition coefficient (Wildman–Crippen LogP) is 4.58. The van der Waals surface area contributed by atoms with Crippen LogP contribution in [0.25, 0.3) is 10.9 Å². The van der Waals surface area contributed by atoms with E-state index in [2.05, 4.69) is 5.32 Å². The second-order valence-electron chi connectivity index (χ2n) is 5.38. The van der Waals surface area contributed by atoms with Gasteiger partial charge in [-0.15, -0.1) is 0 Å². The number of aromatic nitrogens is 1. The molecule has 0 spiro atoms. The molecule has 1 aromatic heterocycles. The normalized spacial score (nSPS) is 10.9. The third-order valence-corrected chi connectivity index (χ3v) is 4.17. The molecule has 3 rings (SSSR count). The number of anilines is 1. The van der Waals surface area contributed by atoms with Gasteiger partial charge in [-0.25, -0.2) is 0 Å². The van der Waals surface area contributed by atoms with Crippen LogP contribution in [0.2, 0.25) is 5.02 Å². The second kappa shape index (κ2) is 5.97. The first-order valence-electron chi connectivity index (χ1n) is 7.40. The fraction of sp³-hybridized carbons (Fsp3) is 0.167. The summed E-state index contributed by atoms with van der Waals surface area (Å²) >= 11 is 6.09. The van der Waals surface area contributed by atoms with Gasteiger partial charge in [0.25, 0.3) is 5.91 Å². The highest BCUT2D eigenvalue weighted by Gasteiger charge is 2.19. The number of benzene rings is 2. The molecule has 1 heterocycles. The average molecular weight is 329 g/mol. The number of nitrogens with zero attached hydrogens (tertiary/aromatic N) is 1. The molecule has 2 aromatic carbocycles. The van der Waals surface area contributed by atoms with Crippen LogP contribution in [-0.2, 0) is 6.54 Å². The van der Waals surface area contributed by atoms with E-state index in [4.69, 9.17) is 11.6 Å². The predicted molar refractivity (Wildman–Crippen MR) is 93.4 cm³/mol. The van der Waals surface area contributed by atoms with Crippen molar-refractivity contribution >= 4 is 34.1 Å². The number of phenolic OH excluding ortho intramolecular Hbond substituents is 1. The molecule has 23 heavy (non-hydrogen) atoms. The lowest BCUT2D eigenvalue weighted by Gasteiger charge is -2.10. The quantitative estimate of drug-likeness (QED) is 0.691. The molecule has 0 aliphatic rings. The van der Waals surface area contributed by atoms with Gasteiger partial charge >= 0.3 is 0 Å². The summed E-state index contributed by atoms with van der Waals surface area (Å²) in [6, 6.07) is 12.1. The minimum absolute atomic E-state index is 0.163. The fourth-order valence-electron chi connectivity index (χ4n) is 2.85. The summed E-state index contributed by atoms with van der Waals surface area (Å²) in [5.41, 5.74) is 3.15.